The Labute approximate surface area is 202 Å². The van der Waals surface area contributed by atoms with Crippen molar-refractivity contribution in [1.29, 1.82) is 0 Å². The van der Waals surface area contributed by atoms with Gasteiger partial charge in [-0.3, -0.25) is 9.59 Å². The fourth-order valence-corrected chi connectivity index (χ4v) is 8.36. The lowest BCUT2D eigenvalue weighted by Crippen LogP contribution is -2.55. The molecule has 4 rings (SSSR count). The van der Waals surface area contributed by atoms with Gasteiger partial charge < -0.3 is 4.74 Å². The van der Waals surface area contributed by atoms with Gasteiger partial charge in [-0.2, -0.15) is 0 Å². The number of ketones is 1. The molecule has 0 bridgehead atoms. The maximum Gasteiger partial charge on any atom is 0.306 e. The van der Waals surface area contributed by atoms with Crippen LogP contribution < -0.4 is 0 Å². The Morgan fingerprint density at radius 3 is 2.45 bits per heavy atom. The first-order chi connectivity index (χ1) is 15.9. The van der Waals surface area contributed by atoms with Crippen molar-refractivity contribution < 1.29 is 14.3 Å². The third-order valence-electron chi connectivity index (χ3n) is 10.3. The van der Waals surface area contributed by atoms with Gasteiger partial charge in [0.05, 0.1) is 0 Å². The fourth-order valence-electron chi connectivity index (χ4n) is 8.36. The zero-order chi connectivity index (χ0) is 23.5. The molecule has 3 saturated carbocycles. The molecule has 33 heavy (non-hydrogen) atoms. The SMILES string of the molecule is CCCCCCCCCCC(=O)OC1CC(=O)C=C2CC[C@@H]3[C@@H]4CCC[C@@]4(C)CC[C@@H]3[C@]21C. The van der Waals surface area contributed by atoms with Gasteiger partial charge in [-0.1, -0.05) is 77.7 Å². The summed E-state index contributed by atoms with van der Waals surface area (Å²) in [6, 6.07) is 0. The normalized spacial score (nSPS) is 37.7. The largest absolute Gasteiger partial charge is 0.461 e. The van der Waals surface area contributed by atoms with Gasteiger partial charge in [-0.15, -0.1) is 0 Å². The third kappa shape index (κ3) is 5.13. The van der Waals surface area contributed by atoms with Gasteiger partial charge in [0.1, 0.15) is 6.10 Å². The van der Waals surface area contributed by atoms with Crippen molar-refractivity contribution in [1.82, 2.24) is 0 Å². The molecular formula is C30H48O3. The number of esters is 1. The maximum atomic E-state index is 12.8. The molecular weight excluding hydrogens is 408 g/mol. The van der Waals surface area contributed by atoms with Crippen LogP contribution in [-0.4, -0.2) is 17.9 Å². The van der Waals surface area contributed by atoms with Crippen LogP contribution in [0.4, 0.5) is 0 Å². The van der Waals surface area contributed by atoms with E-state index in [1.807, 2.05) is 6.08 Å². The quantitative estimate of drug-likeness (QED) is 0.247. The third-order valence-corrected chi connectivity index (χ3v) is 10.3. The number of hydrogen-bond donors (Lipinski definition) is 0. The van der Waals surface area contributed by atoms with Crippen LogP contribution in [0.3, 0.4) is 0 Å². The van der Waals surface area contributed by atoms with Crippen LogP contribution in [0.1, 0.15) is 130 Å². The Bertz CT molecular complexity index is 739. The van der Waals surface area contributed by atoms with E-state index in [9.17, 15) is 9.59 Å². The number of rotatable bonds is 10. The monoisotopic (exact) mass is 456 g/mol. The second-order valence-electron chi connectivity index (χ2n) is 12.3. The Morgan fingerprint density at radius 1 is 0.970 bits per heavy atom. The molecule has 0 aliphatic heterocycles. The fraction of sp³-hybridized carbons (Fsp3) is 0.867. The molecule has 1 unspecified atom stereocenters. The standard InChI is InChI=1S/C30H48O3/c1-4-5-6-7-8-9-10-11-14-28(32)33-27-21-23(31)20-22-15-16-24-25-13-12-18-29(25,2)19-17-26(24)30(22,27)3/h20,24-27H,4-19,21H2,1-3H3/t24-,25+,26+,27?,29+,30+/m1/s1. The molecule has 3 fully saturated rings. The van der Waals surface area contributed by atoms with E-state index in [1.54, 1.807) is 0 Å². The van der Waals surface area contributed by atoms with Crippen molar-refractivity contribution in [3.8, 4) is 0 Å². The summed E-state index contributed by atoms with van der Waals surface area (Å²) in [7, 11) is 0. The summed E-state index contributed by atoms with van der Waals surface area (Å²) in [4.78, 5) is 25.4. The van der Waals surface area contributed by atoms with Crippen LogP contribution >= 0.6 is 0 Å². The lowest BCUT2D eigenvalue weighted by Gasteiger charge is -2.58. The highest BCUT2D eigenvalue weighted by atomic mass is 16.5. The van der Waals surface area contributed by atoms with E-state index < -0.39 is 0 Å². The van der Waals surface area contributed by atoms with Gasteiger partial charge in [-0.25, -0.2) is 0 Å². The van der Waals surface area contributed by atoms with E-state index in [2.05, 4.69) is 20.8 Å². The molecule has 0 aromatic heterocycles. The van der Waals surface area contributed by atoms with E-state index in [4.69, 9.17) is 4.74 Å². The second-order valence-corrected chi connectivity index (χ2v) is 12.3. The summed E-state index contributed by atoms with van der Waals surface area (Å²) < 4.78 is 6.18. The Balaban J connectivity index is 1.35. The highest BCUT2D eigenvalue weighted by Gasteiger charge is 2.59. The molecule has 6 atom stereocenters. The summed E-state index contributed by atoms with van der Waals surface area (Å²) in [5.74, 6) is 2.19. The number of carbonyl (C=O) groups is 2. The van der Waals surface area contributed by atoms with E-state index >= 15 is 0 Å². The lowest BCUT2D eigenvalue weighted by molar-refractivity contribution is -0.165. The molecule has 0 aromatic rings. The highest BCUT2D eigenvalue weighted by Crippen LogP contribution is 2.65. The predicted octanol–water partition coefficient (Wildman–Crippen LogP) is 7.96. The van der Waals surface area contributed by atoms with Crippen LogP contribution in [0.15, 0.2) is 11.6 Å². The lowest BCUT2D eigenvalue weighted by atomic mass is 9.47. The molecule has 0 N–H and O–H groups in total. The van der Waals surface area contributed by atoms with Crippen molar-refractivity contribution in [2.75, 3.05) is 0 Å². The van der Waals surface area contributed by atoms with Crippen LogP contribution in [0.2, 0.25) is 0 Å². The Kier molecular flexibility index (Phi) is 8.06. The van der Waals surface area contributed by atoms with Gasteiger partial charge in [0.25, 0.3) is 0 Å². The van der Waals surface area contributed by atoms with E-state index in [1.165, 1.54) is 82.6 Å². The number of hydrogen-bond acceptors (Lipinski definition) is 3. The van der Waals surface area contributed by atoms with Gasteiger partial charge in [0.15, 0.2) is 5.78 Å². The van der Waals surface area contributed by atoms with Gasteiger partial charge in [0, 0.05) is 18.3 Å². The van der Waals surface area contributed by atoms with Crippen molar-refractivity contribution in [3.05, 3.63) is 11.6 Å². The molecule has 0 heterocycles. The second kappa shape index (κ2) is 10.6. The van der Waals surface area contributed by atoms with E-state index in [0.717, 1.165) is 31.1 Å². The minimum atomic E-state index is -0.259. The first-order valence-electron chi connectivity index (χ1n) is 14.3. The maximum absolute atomic E-state index is 12.8. The molecule has 4 aliphatic rings. The van der Waals surface area contributed by atoms with Gasteiger partial charge >= 0.3 is 5.97 Å². The summed E-state index contributed by atoms with van der Waals surface area (Å²) >= 11 is 0. The molecule has 0 spiro atoms. The topological polar surface area (TPSA) is 43.4 Å². The van der Waals surface area contributed by atoms with Crippen LogP contribution in [0, 0.1) is 28.6 Å². The van der Waals surface area contributed by atoms with Gasteiger partial charge in [0.2, 0.25) is 0 Å². The minimum Gasteiger partial charge on any atom is -0.461 e. The molecule has 3 nitrogen and oxygen atoms in total. The van der Waals surface area contributed by atoms with Crippen molar-refractivity contribution in [2.24, 2.45) is 28.6 Å². The summed E-state index contributed by atoms with van der Waals surface area (Å²) in [6.45, 7) is 7.12. The van der Waals surface area contributed by atoms with Crippen molar-refractivity contribution >= 4 is 11.8 Å². The smallest absolute Gasteiger partial charge is 0.306 e. The van der Waals surface area contributed by atoms with Crippen molar-refractivity contribution in [2.45, 2.75) is 136 Å². The summed E-state index contributed by atoms with van der Waals surface area (Å²) in [6.07, 6.45) is 21.3. The van der Waals surface area contributed by atoms with Crippen LogP contribution in [0.25, 0.3) is 0 Å². The predicted molar refractivity (Wildman–Crippen MR) is 134 cm³/mol. The molecule has 0 saturated heterocycles. The summed E-state index contributed by atoms with van der Waals surface area (Å²) in [5.41, 5.74) is 1.66. The first kappa shape index (κ1) is 25.0. The Hall–Kier alpha value is -1.12. The molecule has 4 aliphatic carbocycles. The molecule has 0 radical (unpaired) electrons. The first-order valence-corrected chi connectivity index (χ1v) is 14.3. The molecule has 3 heteroatoms. The number of ether oxygens (including phenoxy) is 1. The van der Waals surface area contributed by atoms with Crippen LogP contribution in [-0.2, 0) is 14.3 Å². The summed E-state index contributed by atoms with van der Waals surface area (Å²) in [5, 5.41) is 0. The number of carbonyl (C=O) groups excluding carboxylic acids is 2. The van der Waals surface area contributed by atoms with E-state index in [-0.39, 0.29) is 23.3 Å². The Morgan fingerprint density at radius 2 is 1.70 bits per heavy atom. The zero-order valence-corrected chi connectivity index (χ0v) is 21.6. The molecule has 0 aromatic carbocycles. The average Bonchev–Trinajstić information content (AvgIpc) is 3.18. The number of unbranched alkanes of at least 4 members (excludes halogenated alkanes) is 7. The van der Waals surface area contributed by atoms with Crippen LogP contribution in [0.5, 0.6) is 0 Å². The van der Waals surface area contributed by atoms with Crippen molar-refractivity contribution in [3.63, 3.8) is 0 Å². The zero-order valence-electron chi connectivity index (χ0n) is 21.6. The van der Waals surface area contributed by atoms with E-state index in [0.29, 0.717) is 24.2 Å². The number of fused-ring (bicyclic) bond motifs is 5. The highest BCUT2D eigenvalue weighted by molar-refractivity contribution is 5.92. The molecule has 0 amide bonds. The average molecular weight is 457 g/mol. The molecule has 186 valence electrons. The minimum absolute atomic E-state index is 0.0788. The van der Waals surface area contributed by atoms with Gasteiger partial charge in [-0.05, 0) is 74.2 Å².